The number of benzene rings is 1. The molecule has 2 rings (SSSR count). The lowest BCUT2D eigenvalue weighted by atomic mass is 9.96. The molecular weight excluding hydrogens is 407 g/mol. The first-order chi connectivity index (χ1) is 14.4. The number of halogens is 1. The van der Waals surface area contributed by atoms with Crippen molar-refractivity contribution in [3.8, 4) is 5.75 Å². The highest BCUT2D eigenvalue weighted by Gasteiger charge is 2.30. The van der Waals surface area contributed by atoms with Crippen LogP contribution < -0.4 is 4.74 Å². The number of allylic oxidation sites excluding steroid dienone is 1. The minimum absolute atomic E-state index is 0.0572. The molecule has 0 saturated heterocycles. The Bertz CT molecular complexity index is 706. The highest BCUT2D eigenvalue weighted by atomic mass is 32.2. The summed E-state index contributed by atoms with van der Waals surface area (Å²) in [5.41, 5.74) is 0. The molecular formula is C23H31FO5S. The number of carbonyl (C=O) groups excluding carboxylic acids is 2. The van der Waals surface area contributed by atoms with Crippen molar-refractivity contribution >= 4 is 23.5 Å². The van der Waals surface area contributed by atoms with Gasteiger partial charge in [-0.25, -0.2) is 4.39 Å². The lowest BCUT2D eigenvalue weighted by Gasteiger charge is -2.20. The number of aliphatic hydroxyl groups is 1. The first kappa shape index (κ1) is 24.4. The van der Waals surface area contributed by atoms with Crippen LogP contribution in [-0.4, -0.2) is 47.7 Å². The summed E-state index contributed by atoms with van der Waals surface area (Å²) in [4.78, 5) is 23.6. The van der Waals surface area contributed by atoms with E-state index in [2.05, 4.69) is 0 Å². The molecule has 7 heteroatoms. The van der Waals surface area contributed by atoms with Crippen LogP contribution in [0.1, 0.15) is 39.0 Å². The van der Waals surface area contributed by atoms with E-state index in [4.69, 9.17) is 9.47 Å². The maximum Gasteiger partial charge on any atom is 0.308 e. The lowest BCUT2D eigenvalue weighted by molar-refractivity contribution is -0.145. The van der Waals surface area contributed by atoms with Gasteiger partial charge in [0.15, 0.2) is 5.78 Å². The standard InChI is InChI=1S/C23H31FO5S/c1-16(23(27)28-2)6-4-3-5-7-20-21(26)12-13-22(20)30-15-18(25)14-29-19-10-8-17(24)9-11-19/h8-13,16,18,20,22,25H,3-7,14-15H2,1-2H3. The van der Waals surface area contributed by atoms with Crippen molar-refractivity contribution in [2.45, 2.75) is 50.4 Å². The monoisotopic (exact) mass is 438 g/mol. The molecule has 1 aromatic carbocycles. The van der Waals surface area contributed by atoms with E-state index >= 15 is 0 Å². The summed E-state index contributed by atoms with van der Waals surface area (Å²) in [7, 11) is 1.40. The number of thioether (sulfide) groups is 1. The van der Waals surface area contributed by atoms with Crippen LogP contribution >= 0.6 is 11.8 Å². The first-order valence-electron chi connectivity index (χ1n) is 10.4. The fraction of sp³-hybridized carbons (Fsp3) is 0.565. The minimum atomic E-state index is -0.676. The molecule has 4 atom stereocenters. The molecule has 166 valence electrons. The predicted octanol–water partition coefficient (Wildman–Crippen LogP) is 4.18. The zero-order valence-electron chi connectivity index (χ0n) is 17.6. The van der Waals surface area contributed by atoms with Gasteiger partial charge >= 0.3 is 5.97 Å². The Morgan fingerprint density at radius 3 is 2.67 bits per heavy atom. The summed E-state index contributed by atoms with van der Waals surface area (Å²) in [6.07, 6.45) is 7.32. The van der Waals surface area contributed by atoms with Crippen molar-refractivity contribution in [3.05, 3.63) is 42.2 Å². The molecule has 0 spiro atoms. The second-order valence-electron chi connectivity index (χ2n) is 7.65. The molecule has 5 nitrogen and oxygen atoms in total. The van der Waals surface area contributed by atoms with E-state index in [9.17, 15) is 19.1 Å². The molecule has 0 radical (unpaired) electrons. The largest absolute Gasteiger partial charge is 0.491 e. The summed E-state index contributed by atoms with van der Waals surface area (Å²) < 4.78 is 23.1. The molecule has 0 bridgehead atoms. The fourth-order valence-corrected chi connectivity index (χ4v) is 4.62. The number of unbranched alkanes of at least 4 members (excludes halogenated alkanes) is 2. The first-order valence-corrected chi connectivity index (χ1v) is 11.4. The van der Waals surface area contributed by atoms with Crippen molar-refractivity contribution in [2.75, 3.05) is 19.5 Å². The molecule has 0 aromatic heterocycles. The van der Waals surface area contributed by atoms with Crippen LogP contribution in [0.4, 0.5) is 4.39 Å². The average Bonchev–Trinajstić information content (AvgIpc) is 3.10. The number of carbonyl (C=O) groups is 2. The molecule has 0 saturated carbocycles. The Hall–Kier alpha value is -1.86. The molecule has 1 aliphatic carbocycles. The topological polar surface area (TPSA) is 72.8 Å². The Morgan fingerprint density at radius 1 is 1.23 bits per heavy atom. The van der Waals surface area contributed by atoms with E-state index < -0.39 is 6.10 Å². The van der Waals surface area contributed by atoms with Gasteiger partial charge in [0.1, 0.15) is 18.2 Å². The summed E-state index contributed by atoms with van der Waals surface area (Å²) in [6.45, 7) is 1.99. The number of esters is 1. The number of rotatable bonds is 13. The van der Waals surface area contributed by atoms with Gasteiger partial charge in [0.05, 0.1) is 19.1 Å². The van der Waals surface area contributed by atoms with Gasteiger partial charge in [-0.15, -0.1) is 0 Å². The van der Waals surface area contributed by atoms with E-state index in [1.807, 2.05) is 13.0 Å². The van der Waals surface area contributed by atoms with E-state index in [1.165, 1.54) is 31.4 Å². The number of ether oxygens (including phenoxy) is 2. The number of hydrogen-bond acceptors (Lipinski definition) is 6. The Labute approximate surface area is 182 Å². The number of hydrogen-bond donors (Lipinski definition) is 1. The van der Waals surface area contributed by atoms with Gasteiger partial charge in [0, 0.05) is 16.9 Å². The second-order valence-corrected chi connectivity index (χ2v) is 8.86. The molecule has 0 amide bonds. The predicted molar refractivity (Wildman–Crippen MR) is 116 cm³/mol. The van der Waals surface area contributed by atoms with E-state index in [0.717, 1.165) is 32.1 Å². The highest BCUT2D eigenvalue weighted by Crippen LogP contribution is 2.32. The Morgan fingerprint density at radius 2 is 1.97 bits per heavy atom. The zero-order chi connectivity index (χ0) is 21.9. The van der Waals surface area contributed by atoms with Gasteiger partial charge in [-0.1, -0.05) is 32.3 Å². The van der Waals surface area contributed by atoms with Gasteiger partial charge in [0.25, 0.3) is 0 Å². The normalized spacial score (nSPS) is 20.2. The van der Waals surface area contributed by atoms with Crippen molar-refractivity contribution in [2.24, 2.45) is 11.8 Å². The smallest absolute Gasteiger partial charge is 0.308 e. The zero-order valence-corrected chi connectivity index (χ0v) is 18.4. The van der Waals surface area contributed by atoms with Gasteiger partial charge < -0.3 is 14.6 Å². The third-order valence-electron chi connectivity index (χ3n) is 5.21. The maximum atomic E-state index is 12.9. The summed E-state index contributed by atoms with van der Waals surface area (Å²) in [5.74, 6) is 0.452. The van der Waals surface area contributed by atoms with Gasteiger partial charge in [-0.05, 0) is 43.2 Å². The quantitative estimate of drug-likeness (QED) is 0.368. The van der Waals surface area contributed by atoms with Crippen molar-refractivity contribution in [1.82, 2.24) is 0 Å². The summed E-state index contributed by atoms with van der Waals surface area (Å²) >= 11 is 1.56. The van der Waals surface area contributed by atoms with Crippen LogP contribution in [0.3, 0.4) is 0 Å². The third-order valence-corrected chi connectivity index (χ3v) is 6.65. The van der Waals surface area contributed by atoms with Crippen molar-refractivity contribution < 1.29 is 28.6 Å². The maximum absolute atomic E-state index is 12.9. The molecule has 0 fully saturated rings. The summed E-state index contributed by atoms with van der Waals surface area (Å²) in [5, 5.41) is 10.2. The van der Waals surface area contributed by atoms with E-state index in [-0.39, 0.29) is 41.3 Å². The third kappa shape index (κ3) is 8.11. The van der Waals surface area contributed by atoms with Crippen molar-refractivity contribution in [1.29, 1.82) is 0 Å². The van der Waals surface area contributed by atoms with Gasteiger partial charge in [-0.2, -0.15) is 11.8 Å². The number of methoxy groups -OCH3 is 1. The molecule has 4 unspecified atom stereocenters. The van der Waals surface area contributed by atoms with Crippen LogP contribution in [0.2, 0.25) is 0 Å². The molecule has 1 aromatic rings. The van der Waals surface area contributed by atoms with Crippen LogP contribution in [0.25, 0.3) is 0 Å². The SMILES string of the molecule is COC(=O)C(C)CCCCCC1C(=O)C=CC1SCC(O)COc1ccc(F)cc1. The molecule has 1 aliphatic rings. The van der Waals surface area contributed by atoms with E-state index in [1.54, 1.807) is 17.8 Å². The van der Waals surface area contributed by atoms with E-state index in [0.29, 0.717) is 11.5 Å². The van der Waals surface area contributed by atoms with Gasteiger partial charge in [-0.3, -0.25) is 9.59 Å². The number of aliphatic hydroxyl groups excluding tert-OH is 1. The Kier molecular flexibility index (Phi) is 10.4. The number of ketones is 1. The van der Waals surface area contributed by atoms with Crippen LogP contribution in [-0.2, 0) is 14.3 Å². The molecule has 0 heterocycles. The highest BCUT2D eigenvalue weighted by molar-refractivity contribution is 8.00. The lowest BCUT2D eigenvalue weighted by Crippen LogP contribution is -2.24. The van der Waals surface area contributed by atoms with Crippen LogP contribution in [0.15, 0.2) is 36.4 Å². The minimum Gasteiger partial charge on any atom is -0.491 e. The van der Waals surface area contributed by atoms with Crippen molar-refractivity contribution in [3.63, 3.8) is 0 Å². The average molecular weight is 439 g/mol. The Balaban J connectivity index is 1.65. The van der Waals surface area contributed by atoms with Crippen LogP contribution in [0, 0.1) is 17.7 Å². The fourth-order valence-electron chi connectivity index (χ4n) is 3.39. The summed E-state index contributed by atoms with van der Waals surface area (Å²) in [6, 6.07) is 5.67. The molecule has 0 aliphatic heterocycles. The van der Waals surface area contributed by atoms with Crippen LogP contribution in [0.5, 0.6) is 5.75 Å². The van der Waals surface area contributed by atoms with Gasteiger partial charge in [0.2, 0.25) is 0 Å². The molecule has 30 heavy (non-hydrogen) atoms. The molecule has 1 N–H and O–H groups in total. The second kappa shape index (κ2) is 12.7.